The molecule has 0 saturated heterocycles. The molecule has 1 saturated carbocycles. The molecule has 0 aliphatic heterocycles. The van der Waals surface area contributed by atoms with Gasteiger partial charge < -0.3 is 10.6 Å². The second-order valence-corrected chi connectivity index (χ2v) is 3.90. The maximum Gasteiger partial charge on any atom is 0.383 e. The van der Waals surface area contributed by atoms with Crippen molar-refractivity contribution in [1.29, 1.82) is 0 Å². The molecule has 0 heterocycles. The summed E-state index contributed by atoms with van der Waals surface area (Å²) in [4.78, 5) is 22.1. The van der Waals surface area contributed by atoms with Crippen LogP contribution >= 0.6 is 0 Å². The zero-order valence-corrected chi connectivity index (χ0v) is 8.97. The molecule has 0 aromatic rings. The molecular weight excluding hydrogens is 244 g/mol. The predicted octanol–water partition coefficient (Wildman–Crippen LogP) is 0.670. The minimum atomic E-state index is -4.78. The fourth-order valence-corrected chi connectivity index (χ4v) is 1.01. The van der Waals surface area contributed by atoms with Crippen molar-refractivity contribution in [2.24, 2.45) is 0 Å². The summed E-state index contributed by atoms with van der Waals surface area (Å²) < 4.78 is 48.7. The van der Waals surface area contributed by atoms with Crippen LogP contribution < -0.4 is 10.6 Å². The smallest absolute Gasteiger partial charge is 0.352 e. The van der Waals surface area contributed by atoms with Gasteiger partial charge in [0.1, 0.15) is 6.04 Å². The van der Waals surface area contributed by atoms with Crippen LogP contribution in [-0.2, 0) is 9.59 Å². The third-order valence-corrected chi connectivity index (χ3v) is 2.24. The van der Waals surface area contributed by atoms with Crippen molar-refractivity contribution in [2.45, 2.75) is 44.2 Å². The minimum Gasteiger partial charge on any atom is -0.352 e. The van der Waals surface area contributed by atoms with E-state index in [-0.39, 0.29) is 6.04 Å². The maximum atomic E-state index is 12.5. The molecule has 0 radical (unpaired) electrons. The third kappa shape index (κ3) is 3.57. The van der Waals surface area contributed by atoms with Gasteiger partial charge >= 0.3 is 12.3 Å². The van der Waals surface area contributed by atoms with E-state index in [9.17, 15) is 27.2 Å². The average molecular weight is 256 g/mol. The van der Waals surface area contributed by atoms with E-state index in [0.717, 1.165) is 19.8 Å². The van der Waals surface area contributed by atoms with Crippen molar-refractivity contribution in [2.75, 3.05) is 0 Å². The molecule has 0 spiro atoms. The summed E-state index contributed by atoms with van der Waals surface area (Å²) in [6.07, 6.45) is -2.51. The Kier molecular flexibility index (Phi) is 3.94. The van der Waals surface area contributed by atoms with Crippen molar-refractivity contribution >= 4 is 11.8 Å². The summed E-state index contributed by atoms with van der Waals surface area (Å²) >= 11 is 0. The molecule has 1 atom stereocenters. The van der Waals surface area contributed by atoms with Crippen LogP contribution in [0.25, 0.3) is 0 Å². The first-order chi connectivity index (χ1) is 7.75. The standard InChI is InChI=1S/C9H12F4N2O2/c1-4(6(16)15-5-2-3-5)14-8(17)9(12,13)7(10)11/h4-5,7H,2-3H2,1H3,(H,14,17)(H,15,16). The molecule has 1 unspecified atom stereocenters. The second kappa shape index (κ2) is 4.89. The van der Waals surface area contributed by atoms with Crippen molar-refractivity contribution in [3.05, 3.63) is 0 Å². The summed E-state index contributed by atoms with van der Waals surface area (Å²) in [6.45, 7) is 1.15. The Hall–Kier alpha value is -1.34. The summed E-state index contributed by atoms with van der Waals surface area (Å²) in [5.74, 6) is -7.59. The summed E-state index contributed by atoms with van der Waals surface area (Å²) in [5.41, 5.74) is 0. The molecule has 1 rings (SSSR count). The Morgan fingerprint density at radius 1 is 1.29 bits per heavy atom. The van der Waals surface area contributed by atoms with Crippen LogP contribution in [-0.4, -0.2) is 36.2 Å². The van der Waals surface area contributed by atoms with Crippen LogP contribution in [0.2, 0.25) is 0 Å². The highest BCUT2D eigenvalue weighted by Crippen LogP contribution is 2.23. The summed E-state index contributed by atoms with van der Waals surface area (Å²) in [7, 11) is 0. The van der Waals surface area contributed by atoms with E-state index in [4.69, 9.17) is 0 Å². The van der Waals surface area contributed by atoms with E-state index in [1.54, 1.807) is 5.32 Å². The number of alkyl halides is 4. The van der Waals surface area contributed by atoms with Crippen molar-refractivity contribution < 1.29 is 27.2 Å². The first-order valence-electron chi connectivity index (χ1n) is 5.02. The Morgan fingerprint density at radius 3 is 2.24 bits per heavy atom. The highest BCUT2D eigenvalue weighted by Gasteiger charge is 2.49. The molecular formula is C9H12F4N2O2. The highest BCUT2D eigenvalue weighted by atomic mass is 19.3. The van der Waals surface area contributed by atoms with Gasteiger partial charge in [0.05, 0.1) is 0 Å². The SMILES string of the molecule is CC(NC(=O)C(F)(F)C(F)F)C(=O)NC1CC1. The molecule has 0 aromatic carbocycles. The molecule has 0 bridgehead atoms. The van der Waals surface area contributed by atoms with E-state index in [0.29, 0.717) is 0 Å². The monoisotopic (exact) mass is 256 g/mol. The molecule has 1 aliphatic carbocycles. The van der Waals surface area contributed by atoms with Gasteiger partial charge in [0.25, 0.3) is 5.91 Å². The van der Waals surface area contributed by atoms with Crippen molar-refractivity contribution in [3.8, 4) is 0 Å². The van der Waals surface area contributed by atoms with Gasteiger partial charge in [-0.2, -0.15) is 8.78 Å². The number of nitrogens with one attached hydrogen (secondary N) is 2. The number of halogens is 4. The minimum absolute atomic E-state index is 0.00235. The van der Waals surface area contributed by atoms with Crippen LogP contribution in [0, 0.1) is 0 Å². The maximum absolute atomic E-state index is 12.5. The molecule has 98 valence electrons. The average Bonchev–Trinajstić information content (AvgIpc) is 3.00. The van der Waals surface area contributed by atoms with Gasteiger partial charge in [0.15, 0.2) is 0 Å². The van der Waals surface area contributed by atoms with Gasteiger partial charge in [-0.25, -0.2) is 8.78 Å². The molecule has 4 nitrogen and oxygen atoms in total. The number of hydrogen-bond donors (Lipinski definition) is 2. The zero-order chi connectivity index (χ0) is 13.2. The van der Waals surface area contributed by atoms with Crippen LogP contribution in [0.3, 0.4) is 0 Å². The zero-order valence-electron chi connectivity index (χ0n) is 8.97. The quantitative estimate of drug-likeness (QED) is 0.710. The van der Waals surface area contributed by atoms with Crippen molar-refractivity contribution in [1.82, 2.24) is 10.6 Å². The van der Waals surface area contributed by atoms with Crippen LogP contribution in [0.15, 0.2) is 0 Å². The normalized spacial score (nSPS) is 17.8. The molecule has 2 amide bonds. The number of carbonyl (C=O) groups is 2. The fourth-order valence-electron chi connectivity index (χ4n) is 1.01. The number of amides is 2. The lowest BCUT2D eigenvalue weighted by Gasteiger charge is -2.18. The lowest BCUT2D eigenvalue weighted by Crippen LogP contribution is -2.52. The molecule has 17 heavy (non-hydrogen) atoms. The molecule has 1 aliphatic rings. The second-order valence-electron chi connectivity index (χ2n) is 3.90. The van der Waals surface area contributed by atoms with Crippen LogP contribution in [0.4, 0.5) is 17.6 Å². The van der Waals surface area contributed by atoms with Crippen LogP contribution in [0.1, 0.15) is 19.8 Å². The van der Waals surface area contributed by atoms with E-state index in [2.05, 4.69) is 5.32 Å². The number of carbonyl (C=O) groups excluding carboxylic acids is 2. The van der Waals surface area contributed by atoms with Gasteiger partial charge in [0, 0.05) is 6.04 Å². The Morgan fingerprint density at radius 2 is 1.82 bits per heavy atom. The van der Waals surface area contributed by atoms with Gasteiger partial charge in [0.2, 0.25) is 5.91 Å². The third-order valence-electron chi connectivity index (χ3n) is 2.24. The van der Waals surface area contributed by atoms with E-state index < -0.39 is 30.2 Å². The Balaban J connectivity index is 2.46. The largest absolute Gasteiger partial charge is 0.383 e. The Bertz CT molecular complexity index is 318. The van der Waals surface area contributed by atoms with Gasteiger partial charge in [-0.1, -0.05) is 0 Å². The number of hydrogen-bond acceptors (Lipinski definition) is 2. The van der Waals surface area contributed by atoms with E-state index in [1.807, 2.05) is 0 Å². The first-order valence-corrected chi connectivity index (χ1v) is 5.02. The molecule has 0 aromatic heterocycles. The van der Waals surface area contributed by atoms with E-state index >= 15 is 0 Å². The van der Waals surface area contributed by atoms with Crippen molar-refractivity contribution in [3.63, 3.8) is 0 Å². The Labute approximate surface area is 94.7 Å². The lowest BCUT2D eigenvalue weighted by atomic mass is 10.2. The van der Waals surface area contributed by atoms with Crippen LogP contribution in [0.5, 0.6) is 0 Å². The molecule has 8 heteroatoms. The highest BCUT2D eigenvalue weighted by molar-refractivity contribution is 5.90. The lowest BCUT2D eigenvalue weighted by molar-refractivity contribution is -0.170. The summed E-state index contributed by atoms with van der Waals surface area (Å²) in [6, 6.07) is -1.27. The summed E-state index contributed by atoms with van der Waals surface area (Å²) in [5, 5.41) is 4.01. The predicted molar refractivity (Wildman–Crippen MR) is 49.7 cm³/mol. The van der Waals surface area contributed by atoms with Gasteiger partial charge in [-0.05, 0) is 19.8 Å². The van der Waals surface area contributed by atoms with E-state index in [1.165, 1.54) is 0 Å². The molecule has 1 fully saturated rings. The van der Waals surface area contributed by atoms with Gasteiger partial charge in [-0.15, -0.1) is 0 Å². The topological polar surface area (TPSA) is 58.2 Å². The first kappa shape index (κ1) is 13.7. The fraction of sp³-hybridized carbons (Fsp3) is 0.778. The molecule has 2 N–H and O–H groups in total. The van der Waals surface area contributed by atoms with Gasteiger partial charge in [-0.3, -0.25) is 9.59 Å². The number of rotatable bonds is 5.